The van der Waals surface area contributed by atoms with E-state index in [0.717, 1.165) is 75.5 Å². The summed E-state index contributed by atoms with van der Waals surface area (Å²) in [6.45, 7) is 3.55. The van der Waals surface area contributed by atoms with E-state index in [0.29, 0.717) is 31.2 Å². The highest BCUT2D eigenvalue weighted by Crippen LogP contribution is 2.33. The molecule has 2 fully saturated rings. The SMILES string of the molecule is CCCCC/C=C\C=C1\C(=O)C=C[C@@H]1C/C=C\CCCC(=O)NCCCCCNC(=O)CCCC[C@H]1SC[C@H]2NC(=O)N[C@@H]21. The lowest BCUT2D eigenvalue weighted by Crippen LogP contribution is -2.36. The van der Waals surface area contributed by atoms with Crippen LogP contribution in [-0.4, -0.2) is 59.8 Å². The first-order valence-corrected chi connectivity index (χ1v) is 18.0. The lowest BCUT2D eigenvalue weighted by Gasteiger charge is -2.16. The van der Waals surface area contributed by atoms with Crippen LogP contribution in [0.2, 0.25) is 0 Å². The van der Waals surface area contributed by atoms with E-state index in [4.69, 9.17) is 0 Å². The van der Waals surface area contributed by atoms with Crippen LogP contribution in [0, 0.1) is 5.92 Å². The molecule has 244 valence electrons. The fourth-order valence-corrected chi connectivity index (χ4v) is 7.40. The normalized spacial score (nSPS) is 23.5. The molecule has 0 aromatic rings. The van der Waals surface area contributed by atoms with Crippen molar-refractivity contribution in [1.82, 2.24) is 21.3 Å². The summed E-state index contributed by atoms with van der Waals surface area (Å²) in [6, 6.07) is 0.437. The van der Waals surface area contributed by atoms with Crippen LogP contribution < -0.4 is 21.3 Å². The quantitative estimate of drug-likeness (QED) is 0.0506. The van der Waals surface area contributed by atoms with Gasteiger partial charge in [-0.2, -0.15) is 11.8 Å². The van der Waals surface area contributed by atoms with Gasteiger partial charge in [0.15, 0.2) is 5.78 Å². The topological polar surface area (TPSA) is 116 Å². The number of allylic oxidation sites excluding steroid dienone is 8. The number of fused-ring (bicyclic) bond motifs is 1. The second-order valence-electron chi connectivity index (χ2n) is 12.1. The summed E-state index contributed by atoms with van der Waals surface area (Å²) in [7, 11) is 0. The molecule has 3 aliphatic rings. The molecule has 3 rings (SSSR count). The molecular formula is C35H54N4O4S. The maximum atomic E-state index is 12.2. The zero-order valence-electron chi connectivity index (χ0n) is 26.6. The number of thioether (sulfide) groups is 1. The van der Waals surface area contributed by atoms with Crippen LogP contribution in [0.4, 0.5) is 4.79 Å². The summed E-state index contributed by atoms with van der Waals surface area (Å²) >= 11 is 1.91. The predicted octanol–water partition coefficient (Wildman–Crippen LogP) is 6.05. The Labute approximate surface area is 268 Å². The Morgan fingerprint density at radius 3 is 2.41 bits per heavy atom. The Morgan fingerprint density at radius 2 is 1.64 bits per heavy atom. The number of hydrogen-bond donors (Lipinski definition) is 4. The van der Waals surface area contributed by atoms with Crippen LogP contribution in [0.1, 0.15) is 103 Å². The average molecular weight is 627 g/mol. The van der Waals surface area contributed by atoms with Crippen molar-refractivity contribution in [3.8, 4) is 0 Å². The van der Waals surface area contributed by atoms with Crippen molar-refractivity contribution >= 4 is 35.4 Å². The van der Waals surface area contributed by atoms with E-state index >= 15 is 0 Å². The van der Waals surface area contributed by atoms with Crippen molar-refractivity contribution in [2.75, 3.05) is 18.8 Å². The summed E-state index contributed by atoms with van der Waals surface area (Å²) in [6.07, 6.45) is 28.0. The van der Waals surface area contributed by atoms with Gasteiger partial charge >= 0.3 is 6.03 Å². The van der Waals surface area contributed by atoms with Crippen LogP contribution in [0.15, 0.2) is 48.1 Å². The van der Waals surface area contributed by atoms with Crippen molar-refractivity contribution in [3.63, 3.8) is 0 Å². The summed E-state index contributed by atoms with van der Waals surface area (Å²) in [5.41, 5.74) is 0.867. The summed E-state index contributed by atoms with van der Waals surface area (Å²) < 4.78 is 0. The number of urea groups is 1. The molecule has 0 unspecified atom stereocenters. The molecule has 0 bridgehead atoms. The molecule has 8 nitrogen and oxygen atoms in total. The smallest absolute Gasteiger partial charge is 0.315 e. The van der Waals surface area contributed by atoms with Gasteiger partial charge in [0, 0.05) is 48.4 Å². The molecule has 4 amide bonds. The molecule has 44 heavy (non-hydrogen) atoms. The molecule has 0 saturated carbocycles. The third kappa shape index (κ3) is 13.4. The minimum absolute atomic E-state index is 0.0521. The highest BCUT2D eigenvalue weighted by molar-refractivity contribution is 8.00. The number of hydrogen-bond acceptors (Lipinski definition) is 5. The second kappa shape index (κ2) is 21.0. The zero-order valence-corrected chi connectivity index (χ0v) is 27.4. The highest BCUT2D eigenvalue weighted by Gasteiger charge is 2.42. The maximum absolute atomic E-state index is 12.2. The number of amides is 4. The van der Waals surface area contributed by atoms with E-state index in [1.807, 2.05) is 30.0 Å². The molecule has 9 heteroatoms. The zero-order chi connectivity index (χ0) is 31.4. The van der Waals surface area contributed by atoms with Gasteiger partial charge in [-0.3, -0.25) is 14.4 Å². The van der Waals surface area contributed by atoms with E-state index in [1.165, 1.54) is 19.3 Å². The molecule has 2 heterocycles. The van der Waals surface area contributed by atoms with E-state index in [1.54, 1.807) is 6.08 Å². The molecule has 4 atom stereocenters. The largest absolute Gasteiger partial charge is 0.356 e. The monoisotopic (exact) mass is 626 g/mol. The Hall–Kier alpha value is -2.81. The number of nitrogens with one attached hydrogen (secondary N) is 4. The van der Waals surface area contributed by atoms with Crippen LogP contribution in [0.3, 0.4) is 0 Å². The minimum Gasteiger partial charge on any atom is -0.356 e. The van der Waals surface area contributed by atoms with Gasteiger partial charge in [0.25, 0.3) is 0 Å². The Kier molecular flexibility index (Phi) is 17.0. The Balaban J connectivity index is 1.11. The number of carbonyl (C=O) groups is 4. The predicted molar refractivity (Wildman–Crippen MR) is 180 cm³/mol. The van der Waals surface area contributed by atoms with Gasteiger partial charge in [0.05, 0.1) is 12.1 Å². The van der Waals surface area contributed by atoms with Crippen LogP contribution >= 0.6 is 11.8 Å². The van der Waals surface area contributed by atoms with E-state index < -0.39 is 0 Å². The molecule has 2 aliphatic heterocycles. The standard InChI is InChI=1S/C35H54N4O4S/c1-2-3-4-5-6-11-18-28-27(22-23-30(28)40)17-10-7-8-12-20-32(41)36-24-15-9-16-25-37-33(42)21-14-13-19-31-34-29(26-44-31)38-35(43)39-34/h6-7,10-11,18,22-23,27,29,31,34H,2-5,8-9,12-17,19-21,24-26H2,1H3,(H,36,41)(H,37,42)(H2,38,39,43)/b10-7-,11-6-,28-18+/t27-,29+,31+,34-/m0/s1. The van der Waals surface area contributed by atoms with E-state index in [9.17, 15) is 19.2 Å². The van der Waals surface area contributed by atoms with Crippen molar-refractivity contribution in [1.29, 1.82) is 0 Å². The first-order chi connectivity index (χ1) is 21.5. The lowest BCUT2D eigenvalue weighted by atomic mass is 9.97. The molecule has 0 spiro atoms. The van der Waals surface area contributed by atoms with E-state index in [2.05, 4.69) is 46.4 Å². The average Bonchev–Trinajstić information content (AvgIpc) is 3.68. The fraction of sp³-hybridized carbons (Fsp3) is 0.657. The molecular weight excluding hydrogens is 572 g/mol. The van der Waals surface area contributed by atoms with Gasteiger partial charge in [0.2, 0.25) is 11.8 Å². The molecule has 1 aliphatic carbocycles. The highest BCUT2D eigenvalue weighted by atomic mass is 32.2. The second-order valence-corrected chi connectivity index (χ2v) is 13.4. The molecule has 2 saturated heterocycles. The van der Waals surface area contributed by atoms with Gasteiger partial charge in [-0.1, -0.05) is 62.6 Å². The van der Waals surface area contributed by atoms with Gasteiger partial charge < -0.3 is 21.3 Å². The van der Waals surface area contributed by atoms with Gasteiger partial charge in [-0.25, -0.2) is 4.79 Å². The van der Waals surface area contributed by atoms with Crippen molar-refractivity contribution < 1.29 is 19.2 Å². The van der Waals surface area contributed by atoms with E-state index in [-0.39, 0.29) is 41.6 Å². The fourth-order valence-electron chi connectivity index (χ4n) is 5.85. The molecule has 0 aromatic heterocycles. The van der Waals surface area contributed by atoms with Crippen molar-refractivity contribution in [2.24, 2.45) is 5.92 Å². The molecule has 0 aromatic carbocycles. The number of carbonyl (C=O) groups excluding carboxylic acids is 4. The van der Waals surface area contributed by atoms with Gasteiger partial charge in [-0.15, -0.1) is 0 Å². The number of rotatable bonds is 22. The summed E-state index contributed by atoms with van der Waals surface area (Å²) in [4.78, 5) is 47.9. The molecule has 0 radical (unpaired) electrons. The molecule has 4 N–H and O–H groups in total. The first kappa shape index (κ1) is 35.7. The van der Waals surface area contributed by atoms with Crippen LogP contribution in [-0.2, 0) is 14.4 Å². The summed E-state index contributed by atoms with van der Waals surface area (Å²) in [5.74, 6) is 1.42. The van der Waals surface area contributed by atoms with Gasteiger partial charge in [-0.05, 0) is 70.3 Å². The maximum Gasteiger partial charge on any atom is 0.315 e. The van der Waals surface area contributed by atoms with Gasteiger partial charge in [0.1, 0.15) is 0 Å². The van der Waals surface area contributed by atoms with Crippen molar-refractivity contribution in [2.45, 2.75) is 121 Å². The Bertz CT molecular complexity index is 1050. The number of ketones is 1. The van der Waals surface area contributed by atoms with Crippen molar-refractivity contribution in [3.05, 3.63) is 48.1 Å². The third-order valence-corrected chi connectivity index (χ3v) is 9.97. The third-order valence-electron chi connectivity index (χ3n) is 8.46. The minimum atomic E-state index is -0.0521. The summed E-state index contributed by atoms with van der Waals surface area (Å²) in [5, 5.41) is 12.4. The van der Waals surface area contributed by atoms with Crippen LogP contribution in [0.25, 0.3) is 0 Å². The first-order valence-electron chi connectivity index (χ1n) is 16.9. The van der Waals surface area contributed by atoms with Crippen LogP contribution in [0.5, 0.6) is 0 Å². The lowest BCUT2D eigenvalue weighted by molar-refractivity contribution is -0.121. The number of unbranched alkanes of at least 4 members (excludes halogenated alkanes) is 7. The Morgan fingerprint density at radius 1 is 0.886 bits per heavy atom.